The van der Waals surface area contributed by atoms with Crippen LogP contribution in [0.5, 0.6) is 11.5 Å². The highest BCUT2D eigenvalue weighted by atomic mass is 16.5. The van der Waals surface area contributed by atoms with E-state index >= 15 is 0 Å². The molecule has 0 bridgehead atoms. The molecule has 1 atom stereocenters. The topological polar surface area (TPSA) is 77.8 Å². The third-order valence-corrected chi connectivity index (χ3v) is 4.81. The highest BCUT2D eigenvalue weighted by Crippen LogP contribution is 2.30. The molecule has 0 radical (unpaired) electrons. The number of pyridine rings is 1. The Hall–Kier alpha value is -3.09. The van der Waals surface area contributed by atoms with Gasteiger partial charge in [-0.2, -0.15) is 0 Å². The normalized spacial score (nSPS) is 15.8. The predicted molar refractivity (Wildman–Crippen MR) is 100 cm³/mol. The van der Waals surface area contributed by atoms with Crippen molar-refractivity contribution in [2.24, 2.45) is 5.92 Å². The summed E-state index contributed by atoms with van der Waals surface area (Å²) in [6.07, 6.45) is 4.17. The molecule has 140 valence electrons. The Bertz CT molecular complexity index is 953. The maximum atomic E-state index is 12.5. The number of aryl methyl sites for hydroxylation is 1. The summed E-state index contributed by atoms with van der Waals surface area (Å²) in [7, 11) is 1.63. The molecule has 1 N–H and O–H groups in total. The quantitative estimate of drug-likeness (QED) is 0.676. The average Bonchev–Trinajstić information content (AvgIpc) is 3.13. The van der Waals surface area contributed by atoms with Crippen LogP contribution in [0.4, 0.5) is 0 Å². The number of benzene rings is 1. The van der Waals surface area contributed by atoms with Gasteiger partial charge in [-0.3, -0.25) is 9.20 Å². The lowest BCUT2D eigenvalue weighted by atomic mass is 9.95. The molecule has 0 saturated heterocycles. The molecule has 1 amide bonds. The molecule has 0 spiro atoms. The largest absolute Gasteiger partial charge is 0.497 e. The molecule has 0 fully saturated rings. The van der Waals surface area contributed by atoms with E-state index in [0.29, 0.717) is 19.6 Å². The molecule has 7 nitrogen and oxygen atoms in total. The lowest BCUT2D eigenvalue weighted by molar-refractivity contribution is -0.126. The number of methoxy groups -OCH3 is 1. The van der Waals surface area contributed by atoms with Gasteiger partial charge in [0.25, 0.3) is 0 Å². The van der Waals surface area contributed by atoms with Crippen LogP contribution in [0.3, 0.4) is 0 Å². The smallest absolute Gasteiger partial charge is 0.226 e. The number of carbonyl (C=O) groups excluding carboxylic acids is 1. The number of aromatic nitrogens is 3. The minimum absolute atomic E-state index is 0.0228. The fraction of sp³-hybridized carbons (Fsp3) is 0.350. The second-order valence-electron chi connectivity index (χ2n) is 6.63. The minimum Gasteiger partial charge on any atom is -0.497 e. The summed E-state index contributed by atoms with van der Waals surface area (Å²) in [4.78, 5) is 12.5. The van der Waals surface area contributed by atoms with Crippen LogP contribution < -0.4 is 14.8 Å². The fourth-order valence-electron chi connectivity index (χ4n) is 3.33. The Balaban J connectivity index is 1.28. The van der Waals surface area contributed by atoms with E-state index in [9.17, 15) is 4.79 Å². The summed E-state index contributed by atoms with van der Waals surface area (Å²) in [6, 6.07) is 11.5. The van der Waals surface area contributed by atoms with Gasteiger partial charge in [0, 0.05) is 19.2 Å². The molecule has 0 aliphatic carbocycles. The van der Waals surface area contributed by atoms with E-state index in [1.807, 2.05) is 47.0 Å². The summed E-state index contributed by atoms with van der Waals surface area (Å²) < 4.78 is 13.0. The molecule has 3 heterocycles. The Morgan fingerprint density at radius 3 is 3.15 bits per heavy atom. The zero-order valence-electron chi connectivity index (χ0n) is 15.2. The Labute approximate surface area is 157 Å². The highest BCUT2D eigenvalue weighted by Gasteiger charge is 2.26. The van der Waals surface area contributed by atoms with Crippen molar-refractivity contribution in [2.75, 3.05) is 20.3 Å². The number of hydrogen-bond donors (Lipinski definition) is 1. The first kappa shape index (κ1) is 17.3. The van der Waals surface area contributed by atoms with Crippen molar-refractivity contribution in [3.8, 4) is 11.5 Å². The van der Waals surface area contributed by atoms with Gasteiger partial charge in [-0.05, 0) is 48.7 Å². The lowest BCUT2D eigenvalue weighted by Crippen LogP contribution is -2.37. The van der Waals surface area contributed by atoms with Crippen molar-refractivity contribution in [3.63, 3.8) is 0 Å². The molecular weight excluding hydrogens is 344 g/mol. The van der Waals surface area contributed by atoms with Gasteiger partial charge < -0.3 is 14.8 Å². The lowest BCUT2D eigenvalue weighted by Gasteiger charge is -2.25. The summed E-state index contributed by atoms with van der Waals surface area (Å²) in [5.41, 5.74) is 1.85. The molecular formula is C20H22N4O3. The van der Waals surface area contributed by atoms with Crippen molar-refractivity contribution in [1.29, 1.82) is 0 Å². The maximum Gasteiger partial charge on any atom is 0.226 e. The number of ether oxygens (including phenoxy) is 2. The van der Waals surface area contributed by atoms with Gasteiger partial charge >= 0.3 is 0 Å². The number of rotatable bonds is 6. The van der Waals surface area contributed by atoms with E-state index < -0.39 is 0 Å². The first-order chi connectivity index (χ1) is 13.2. The molecule has 27 heavy (non-hydrogen) atoms. The van der Waals surface area contributed by atoms with Gasteiger partial charge in [-0.15, -0.1) is 10.2 Å². The second-order valence-corrected chi connectivity index (χ2v) is 6.63. The first-order valence-electron chi connectivity index (χ1n) is 9.10. The molecule has 1 aliphatic heterocycles. The van der Waals surface area contributed by atoms with Crippen molar-refractivity contribution in [3.05, 3.63) is 54.0 Å². The van der Waals surface area contributed by atoms with Crippen LogP contribution in [0.2, 0.25) is 0 Å². The maximum absolute atomic E-state index is 12.5. The van der Waals surface area contributed by atoms with E-state index in [1.165, 1.54) is 0 Å². The summed E-state index contributed by atoms with van der Waals surface area (Å²) in [6.45, 7) is 1.00. The summed E-state index contributed by atoms with van der Waals surface area (Å²) in [5.74, 6) is 2.35. The van der Waals surface area contributed by atoms with Crippen molar-refractivity contribution in [2.45, 2.75) is 19.3 Å². The molecule has 1 unspecified atom stereocenters. The first-order valence-corrected chi connectivity index (χ1v) is 9.10. The predicted octanol–water partition coefficient (Wildman–Crippen LogP) is 2.04. The average molecular weight is 366 g/mol. The second kappa shape index (κ2) is 7.65. The Kier molecular flexibility index (Phi) is 4.91. The van der Waals surface area contributed by atoms with Gasteiger partial charge in [-0.25, -0.2) is 0 Å². The number of fused-ring (bicyclic) bond motifs is 2. The molecule has 4 rings (SSSR count). The van der Waals surface area contributed by atoms with E-state index in [4.69, 9.17) is 9.47 Å². The van der Waals surface area contributed by atoms with Crippen LogP contribution in [0.1, 0.15) is 17.8 Å². The molecule has 1 aromatic carbocycles. The van der Waals surface area contributed by atoms with Crippen LogP contribution in [0.15, 0.2) is 42.6 Å². The van der Waals surface area contributed by atoms with E-state index in [0.717, 1.165) is 41.4 Å². The Morgan fingerprint density at radius 1 is 1.33 bits per heavy atom. The van der Waals surface area contributed by atoms with Crippen LogP contribution in [0, 0.1) is 5.92 Å². The number of amides is 1. The van der Waals surface area contributed by atoms with E-state index in [1.54, 1.807) is 7.11 Å². The highest BCUT2D eigenvalue weighted by molar-refractivity contribution is 5.79. The van der Waals surface area contributed by atoms with Crippen molar-refractivity contribution in [1.82, 2.24) is 19.9 Å². The summed E-state index contributed by atoms with van der Waals surface area (Å²) >= 11 is 0. The van der Waals surface area contributed by atoms with Gasteiger partial charge in [0.1, 0.15) is 23.9 Å². The van der Waals surface area contributed by atoms with E-state index in [-0.39, 0.29) is 11.8 Å². The van der Waals surface area contributed by atoms with Gasteiger partial charge in [0.05, 0.1) is 13.0 Å². The Morgan fingerprint density at radius 2 is 2.26 bits per heavy atom. The van der Waals surface area contributed by atoms with Crippen LogP contribution in [0.25, 0.3) is 5.65 Å². The van der Waals surface area contributed by atoms with Gasteiger partial charge in [-0.1, -0.05) is 6.07 Å². The number of nitrogens with zero attached hydrogens (tertiary/aromatic N) is 3. The zero-order valence-corrected chi connectivity index (χ0v) is 15.2. The third-order valence-electron chi connectivity index (χ3n) is 4.81. The molecule has 0 saturated carbocycles. The number of nitrogens with one attached hydrogen (secondary N) is 1. The summed E-state index contributed by atoms with van der Waals surface area (Å²) in [5, 5.41) is 11.4. The van der Waals surface area contributed by atoms with E-state index in [2.05, 4.69) is 15.5 Å². The zero-order chi connectivity index (χ0) is 18.6. The number of hydrogen-bond acceptors (Lipinski definition) is 5. The number of carbonyl (C=O) groups is 1. The fourth-order valence-corrected chi connectivity index (χ4v) is 3.33. The van der Waals surface area contributed by atoms with Crippen LogP contribution in [-0.4, -0.2) is 40.8 Å². The minimum atomic E-state index is -0.182. The standard InChI is InChI=1S/C20H22N4O3/c1-26-16-7-8-17-14(12-16)11-15(13-27-17)20(25)21-9-4-6-19-23-22-18-5-2-3-10-24(18)19/h2-3,5,7-8,10,12,15H,4,6,9,11,13H2,1H3,(H,21,25). The van der Waals surface area contributed by atoms with Crippen molar-refractivity contribution >= 4 is 11.6 Å². The van der Waals surface area contributed by atoms with Crippen LogP contribution in [-0.2, 0) is 17.6 Å². The monoisotopic (exact) mass is 366 g/mol. The van der Waals surface area contributed by atoms with Crippen LogP contribution >= 0.6 is 0 Å². The van der Waals surface area contributed by atoms with Gasteiger partial charge in [0.2, 0.25) is 5.91 Å². The van der Waals surface area contributed by atoms with Gasteiger partial charge in [0.15, 0.2) is 5.65 Å². The molecule has 2 aromatic heterocycles. The van der Waals surface area contributed by atoms with Crippen molar-refractivity contribution < 1.29 is 14.3 Å². The third kappa shape index (κ3) is 3.72. The molecule has 1 aliphatic rings. The molecule has 3 aromatic rings. The molecule has 7 heteroatoms. The SMILES string of the molecule is COc1ccc2c(c1)CC(C(=O)NCCCc1nnc3ccccn13)CO2.